The molecule has 5 unspecified atom stereocenters. The Hall–Kier alpha value is -10.4. The van der Waals surface area contributed by atoms with Crippen molar-refractivity contribution in [2.24, 2.45) is 0 Å². The van der Waals surface area contributed by atoms with Crippen LogP contribution in [0.3, 0.4) is 0 Å². The third kappa shape index (κ3) is 14.7. The molecule has 2 aromatic heterocycles. The predicted octanol–water partition coefficient (Wildman–Crippen LogP) is 33.7. The minimum atomic E-state index is 0.0896. The zero-order valence-corrected chi connectivity index (χ0v) is 81.1. The second-order valence-corrected chi connectivity index (χ2v) is 42.3. The number of pyridine rings is 1. The highest BCUT2D eigenvalue weighted by Crippen LogP contribution is 2.63. The first-order valence-corrected chi connectivity index (χ1v) is 50.3. The van der Waals surface area contributed by atoms with Gasteiger partial charge in [-0.3, -0.25) is 4.98 Å². The van der Waals surface area contributed by atoms with Crippen LogP contribution in [-0.4, -0.2) is 4.98 Å². The van der Waals surface area contributed by atoms with Gasteiger partial charge in [0.05, 0.1) is 75.5 Å². The number of fused-ring (bicyclic) bond motifs is 14. The van der Waals surface area contributed by atoms with Crippen LogP contribution in [0.5, 0.6) is 0 Å². The van der Waals surface area contributed by atoms with E-state index in [1.807, 2.05) is 6.20 Å². The summed E-state index contributed by atoms with van der Waals surface area (Å²) in [5.74, 6) is 0. The van der Waals surface area contributed by atoms with E-state index in [-0.39, 0.29) is 33.1 Å². The van der Waals surface area contributed by atoms with E-state index in [4.69, 9.17) is 4.42 Å². The number of aryl methyl sites for hydroxylation is 7. The lowest BCUT2D eigenvalue weighted by molar-refractivity contribution is 0.284. The zero-order valence-electron chi connectivity index (χ0n) is 81.1. The van der Waals surface area contributed by atoms with Crippen LogP contribution in [0.25, 0.3) is 32.7 Å². The highest BCUT2D eigenvalue weighted by Gasteiger charge is 2.55. The summed E-state index contributed by atoms with van der Waals surface area (Å²) in [5, 5.41) is 5.27. The second-order valence-electron chi connectivity index (χ2n) is 42.3. The van der Waals surface area contributed by atoms with Crippen LogP contribution in [0.2, 0.25) is 0 Å². The SMILES string of the molecule is Cc1c(N2C(C)c3ccccc3C23CCCCC3)cc(C(C)(C)C)c2ccccc12.Cc1cc(C)c(C)c(N2C(C)c3ccccc3C23CCCCC3)c1.Cc1cc(C)c(C)c(N2C(C)c3ccccc3C23CCCCC3)c1.Cc1ccc2c(oc3ccccc32)c1N1C(C)c2ccccc2C12CCCCC2.Cc1ccncc1N1C(C)c2ccccc2C12CCCCC2. The molecule has 5 aliphatic heterocycles. The Bertz CT molecular complexity index is 6160. The summed E-state index contributed by atoms with van der Waals surface area (Å²) in [6.45, 7) is 39.4. The van der Waals surface area contributed by atoms with Crippen molar-refractivity contribution < 1.29 is 4.42 Å². The summed E-state index contributed by atoms with van der Waals surface area (Å²) < 4.78 is 6.52. The Kier molecular flexibility index (Phi) is 23.9. The van der Waals surface area contributed by atoms with Crippen LogP contribution < -0.4 is 24.5 Å². The van der Waals surface area contributed by atoms with E-state index in [9.17, 15) is 0 Å². The smallest absolute Gasteiger partial charge is 0.159 e. The minimum absolute atomic E-state index is 0.0896. The molecule has 23 rings (SSSR count). The molecule has 7 nitrogen and oxygen atoms in total. The first-order valence-electron chi connectivity index (χ1n) is 50.3. The maximum absolute atomic E-state index is 6.52. The Morgan fingerprint density at radius 1 is 0.287 bits per heavy atom. The molecule has 0 bridgehead atoms. The van der Waals surface area contributed by atoms with Crippen molar-refractivity contribution in [2.45, 2.75) is 342 Å². The number of para-hydroxylation sites is 1. The molecule has 5 spiro atoms. The molecule has 7 heterocycles. The summed E-state index contributed by atoms with van der Waals surface area (Å²) in [7, 11) is 0. The Labute approximate surface area is 773 Å². The number of anilines is 5. The van der Waals surface area contributed by atoms with Gasteiger partial charge in [-0.15, -0.1) is 0 Å². The molecule has 129 heavy (non-hydrogen) atoms. The number of rotatable bonds is 5. The van der Waals surface area contributed by atoms with Crippen LogP contribution in [-0.2, 0) is 33.1 Å². The van der Waals surface area contributed by atoms with Crippen molar-refractivity contribution in [3.8, 4) is 0 Å². The number of aromatic nitrogens is 1. The van der Waals surface area contributed by atoms with Crippen molar-refractivity contribution in [3.63, 3.8) is 0 Å². The van der Waals surface area contributed by atoms with Gasteiger partial charge < -0.3 is 28.9 Å². The van der Waals surface area contributed by atoms with Gasteiger partial charge in [-0.25, -0.2) is 0 Å². The fourth-order valence-corrected chi connectivity index (χ4v) is 27.8. The molecule has 5 aliphatic carbocycles. The third-order valence-electron chi connectivity index (χ3n) is 33.9. The largest absolute Gasteiger partial charge is 0.454 e. The quantitative estimate of drug-likeness (QED) is 0.170. The van der Waals surface area contributed by atoms with Gasteiger partial charge in [0.15, 0.2) is 5.58 Å². The molecule has 0 amide bonds. The second kappa shape index (κ2) is 35.1. The summed E-state index contributed by atoms with van der Waals surface area (Å²) in [4.78, 5) is 18.2. The number of nitrogens with zero attached hydrogens (tertiary/aromatic N) is 6. The fraction of sp³-hybridized carbons (Fsp3) is 0.434. The molecule has 668 valence electrons. The lowest BCUT2D eigenvalue weighted by Gasteiger charge is -2.46. The number of hydrogen-bond acceptors (Lipinski definition) is 7. The summed E-state index contributed by atoms with van der Waals surface area (Å²) in [6.07, 6.45) is 36.8. The van der Waals surface area contributed by atoms with Gasteiger partial charge in [-0.05, 0) is 319 Å². The van der Waals surface area contributed by atoms with E-state index in [0.717, 1.165) is 11.2 Å². The molecular formula is C122H144N6O. The fourth-order valence-electron chi connectivity index (χ4n) is 27.8. The zero-order chi connectivity index (χ0) is 89.6. The van der Waals surface area contributed by atoms with E-state index in [1.165, 1.54) is 294 Å². The lowest BCUT2D eigenvalue weighted by atomic mass is 9.75. The van der Waals surface area contributed by atoms with Crippen molar-refractivity contribution in [1.82, 2.24) is 4.98 Å². The molecule has 13 aromatic rings. The molecule has 7 heteroatoms. The molecule has 5 atom stereocenters. The van der Waals surface area contributed by atoms with Crippen molar-refractivity contribution in [2.75, 3.05) is 24.5 Å². The topological polar surface area (TPSA) is 42.2 Å². The standard InChI is InChI=1S/C29H35N.C27H27NO.2C23H29N.C20H24N2/c1-20-22-13-7-8-15-24(22)26(28(3,4)5)19-27(20)30-21(2)23-14-9-10-16-25(23)29(30)17-11-6-12-18-29;1-18-14-15-22-21-11-5-7-13-24(21)29-26(22)25(18)28-19(2)20-10-4-6-12-23(20)27(28)16-8-3-9-17-27;2*1-16-14-17(2)18(3)22(15-16)24-19(4)20-10-6-7-11-21(20)23(24)12-8-5-9-13-23;1-15-10-13-21-14-19(15)22-16(2)17-8-4-5-9-18(17)20(22)11-6-3-7-12-20/h7-10,13-16,19,21H,6,11-12,17-18H2,1-5H3;4-7,10-15,19H,3,8-9,16-17H2,1-2H3;2*6-7,10-11,14-15,19H,5,8-9,12-13H2,1-4H3;4-5,8-10,13-14,16H,3,6-7,11-12H2,1-2H3. The van der Waals surface area contributed by atoms with Crippen molar-refractivity contribution in [1.29, 1.82) is 0 Å². The average Bonchev–Trinajstić information content (AvgIpc) is 1.55. The first-order chi connectivity index (χ1) is 62.4. The molecule has 10 aliphatic rings. The monoisotopic (exact) mass is 1710 g/mol. The number of benzene rings is 11. The molecule has 5 saturated carbocycles. The molecular weight excluding hydrogens is 1570 g/mol. The Morgan fingerprint density at radius 3 is 0.977 bits per heavy atom. The van der Waals surface area contributed by atoms with E-state index >= 15 is 0 Å². The van der Waals surface area contributed by atoms with Gasteiger partial charge in [0.25, 0.3) is 0 Å². The highest BCUT2D eigenvalue weighted by atomic mass is 16.3. The lowest BCUT2D eigenvalue weighted by Crippen LogP contribution is -2.44. The molecule has 5 fully saturated rings. The van der Waals surface area contributed by atoms with Crippen LogP contribution in [0.4, 0.5) is 28.4 Å². The number of hydrogen-bond donors (Lipinski definition) is 0. The van der Waals surface area contributed by atoms with Gasteiger partial charge in [0.2, 0.25) is 0 Å². The Balaban J connectivity index is 0.000000105. The van der Waals surface area contributed by atoms with Crippen molar-refractivity contribution in [3.05, 3.63) is 342 Å². The van der Waals surface area contributed by atoms with Crippen LogP contribution in [0, 0.1) is 62.3 Å². The maximum Gasteiger partial charge on any atom is 0.159 e. The first kappa shape index (κ1) is 87.9. The maximum atomic E-state index is 6.52. The minimum Gasteiger partial charge on any atom is -0.454 e. The van der Waals surface area contributed by atoms with Crippen LogP contribution >= 0.6 is 0 Å². The average molecular weight is 1710 g/mol. The molecule has 0 N–H and O–H groups in total. The predicted molar refractivity (Wildman–Crippen MR) is 547 cm³/mol. The van der Waals surface area contributed by atoms with Gasteiger partial charge in [0.1, 0.15) is 5.58 Å². The Morgan fingerprint density at radius 2 is 0.605 bits per heavy atom. The van der Waals surface area contributed by atoms with Crippen LogP contribution in [0.15, 0.2) is 235 Å². The van der Waals surface area contributed by atoms with Crippen LogP contribution in [0.1, 0.15) is 357 Å². The summed E-state index contributed by atoms with van der Waals surface area (Å²) in [6, 6.07) is 84.1. The van der Waals surface area contributed by atoms with E-state index in [0.29, 0.717) is 30.2 Å². The molecule has 11 aromatic carbocycles. The normalized spacial score (nSPS) is 21.5. The third-order valence-corrected chi connectivity index (χ3v) is 33.9. The van der Waals surface area contributed by atoms with Gasteiger partial charge in [-0.1, -0.05) is 305 Å². The summed E-state index contributed by atoms with van der Waals surface area (Å²) in [5.41, 5.74) is 39.5. The summed E-state index contributed by atoms with van der Waals surface area (Å²) >= 11 is 0. The highest BCUT2D eigenvalue weighted by molar-refractivity contribution is 6.10. The van der Waals surface area contributed by atoms with Gasteiger partial charge in [-0.2, -0.15) is 0 Å². The molecule has 0 saturated heterocycles. The van der Waals surface area contributed by atoms with Crippen molar-refractivity contribution >= 4 is 61.1 Å². The van der Waals surface area contributed by atoms with Gasteiger partial charge >= 0.3 is 0 Å². The number of furan rings is 1. The molecule has 0 radical (unpaired) electrons. The van der Waals surface area contributed by atoms with E-state index in [1.54, 1.807) is 27.8 Å². The van der Waals surface area contributed by atoms with E-state index in [2.05, 4.69) is 372 Å². The van der Waals surface area contributed by atoms with Gasteiger partial charge in [0, 0.05) is 34.0 Å². The van der Waals surface area contributed by atoms with E-state index < -0.39 is 0 Å².